The van der Waals surface area contributed by atoms with Crippen molar-refractivity contribution in [1.82, 2.24) is 4.72 Å². The smallest absolute Gasteiger partial charge is 0.241 e. The molecule has 5 nitrogen and oxygen atoms in total. The first-order chi connectivity index (χ1) is 10.4. The van der Waals surface area contributed by atoms with Gasteiger partial charge in [0, 0.05) is 16.5 Å². The SMILES string of the molecule is O=S(=O)(N[C@@H]1CCCCC12OCCO2)c1cc(Cl)cc(Cl)c1. The lowest BCUT2D eigenvalue weighted by atomic mass is 9.90. The summed E-state index contributed by atoms with van der Waals surface area (Å²) in [7, 11) is -3.75. The number of sulfonamides is 1. The Balaban J connectivity index is 1.86. The maximum Gasteiger partial charge on any atom is 0.241 e. The van der Waals surface area contributed by atoms with Crippen LogP contribution < -0.4 is 4.72 Å². The van der Waals surface area contributed by atoms with Crippen molar-refractivity contribution in [3.05, 3.63) is 28.2 Å². The third kappa shape index (κ3) is 3.27. The molecule has 22 heavy (non-hydrogen) atoms. The van der Waals surface area contributed by atoms with Crippen molar-refractivity contribution in [3.63, 3.8) is 0 Å². The number of ether oxygens (including phenoxy) is 2. The molecule has 2 aliphatic rings. The third-order valence-corrected chi connectivity index (χ3v) is 5.91. The average Bonchev–Trinajstić information content (AvgIpc) is 2.90. The van der Waals surface area contributed by atoms with Gasteiger partial charge in [-0.15, -0.1) is 0 Å². The van der Waals surface area contributed by atoms with Crippen LogP contribution >= 0.6 is 23.2 Å². The second kappa shape index (κ2) is 6.26. The molecule has 1 atom stereocenters. The van der Waals surface area contributed by atoms with Crippen molar-refractivity contribution in [2.75, 3.05) is 13.2 Å². The van der Waals surface area contributed by atoms with Gasteiger partial charge in [-0.05, 0) is 31.0 Å². The van der Waals surface area contributed by atoms with E-state index in [-0.39, 0.29) is 14.9 Å². The number of hydrogen-bond donors (Lipinski definition) is 1. The van der Waals surface area contributed by atoms with E-state index in [4.69, 9.17) is 32.7 Å². The van der Waals surface area contributed by atoms with Gasteiger partial charge in [0.15, 0.2) is 5.79 Å². The number of benzene rings is 1. The summed E-state index contributed by atoms with van der Waals surface area (Å²) < 4.78 is 39.4. The van der Waals surface area contributed by atoms with Gasteiger partial charge in [-0.3, -0.25) is 0 Å². The molecule has 1 aromatic carbocycles. The molecule has 1 saturated carbocycles. The van der Waals surface area contributed by atoms with Crippen LogP contribution in [-0.4, -0.2) is 33.5 Å². The van der Waals surface area contributed by atoms with Crippen LogP contribution in [0.25, 0.3) is 0 Å². The molecule has 1 aliphatic carbocycles. The van der Waals surface area contributed by atoms with Crippen molar-refractivity contribution in [2.45, 2.75) is 42.4 Å². The molecular weight excluding hydrogens is 349 g/mol. The van der Waals surface area contributed by atoms with Gasteiger partial charge >= 0.3 is 0 Å². The van der Waals surface area contributed by atoms with Crippen LogP contribution in [0.1, 0.15) is 25.7 Å². The Hall–Kier alpha value is -0.370. The van der Waals surface area contributed by atoms with E-state index in [2.05, 4.69) is 4.72 Å². The largest absolute Gasteiger partial charge is 0.346 e. The summed E-state index contributed by atoms with van der Waals surface area (Å²) in [5.74, 6) is -0.840. The van der Waals surface area contributed by atoms with E-state index in [0.29, 0.717) is 26.1 Å². The Morgan fingerprint density at radius 3 is 2.36 bits per heavy atom. The van der Waals surface area contributed by atoms with Gasteiger partial charge in [-0.2, -0.15) is 0 Å². The first-order valence-corrected chi connectivity index (χ1v) is 9.42. The fourth-order valence-electron chi connectivity index (χ4n) is 3.02. The predicted octanol–water partition coefficient (Wildman–Crippen LogP) is 2.96. The maximum atomic E-state index is 12.6. The van der Waals surface area contributed by atoms with Crippen LogP contribution in [0.3, 0.4) is 0 Å². The lowest BCUT2D eigenvalue weighted by Crippen LogP contribution is -2.55. The zero-order chi connectivity index (χ0) is 15.8. The Labute approximate surface area is 139 Å². The van der Waals surface area contributed by atoms with E-state index in [0.717, 1.165) is 12.8 Å². The minimum atomic E-state index is -3.75. The number of halogens is 2. The van der Waals surface area contributed by atoms with E-state index in [1.54, 1.807) is 0 Å². The van der Waals surface area contributed by atoms with Crippen LogP contribution in [0.2, 0.25) is 10.0 Å². The molecule has 0 amide bonds. The molecule has 0 unspecified atom stereocenters. The minimum absolute atomic E-state index is 0.0451. The van der Waals surface area contributed by atoms with Gasteiger partial charge in [-0.1, -0.05) is 29.6 Å². The fraction of sp³-hybridized carbons (Fsp3) is 0.571. The van der Waals surface area contributed by atoms with Crippen molar-refractivity contribution < 1.29 is 17.9 Å². The summed E-state index contributed by atoms with van der Waals surface area (Å²) in [5.41, 5.74) is 0. The molecule has 0 aromatic heterocycles. The zero-order valence-electron chi connectivity index (χ0n) is 11.8. The summed E-state index contributed by atoms with van der Waals surface area (Å²) >= 11 is 11.8. The van der Waals surface area contributed by atoms with E-state index in [1.165, 1.54) is 18.2 Å². The van der Waals surface area contributed by atoms with Crippen LogP contribution in [0.4, 0.5) is 0 Å². The lowest BCUT2D eigenvalue weighted by Gasteiger charge is -2.39. The van der Waals surface area contributed by atoms with E-state index in [9.17, 15) is 8.42 Å². The Kier molecular flexibility index (Phi) is 4.69. The van der Waals surface area contributed by atoms with Gasteiger partial charge in [0.1, 0.15) is 0 Å². The van der Waals surface area contributed by atoms with Crippen molar-refractivity contribution in [2.24, 2.45) is 0 Å². The fourth-order valence-corrected chi connectivity index (χ4v) is 5.05. The van der Waals surface area contributed by atoms with E-state index >= 15 is 0 Å². The van der Waals surface area contributed by atoms with Gasteiger partial charge < -0.3 is 9.47 Å². The molecule has 122 valence electrons. The van der Waals surface area contributed by atoms with Crippen LogP contribution in [0.5, 0.6) is 0 Å². The zero-order valence-corrected chi connectivity index (χ0v) is 14.2. The predicted molar refractivity (Wildman–Crippen MR) is 83.7 cm³/mol. The van der Waals surface area contributed by atoms with Gasteiger partial charge in [0.25, 0.3) is 0 Å². The quantitative estimate of drug-likeness (QED) is 0.893. The molecule has 2 fully saturated rings. The van der Waals surface area contributed by atoms with E-state index in [1.807, 2.05) is 0 Å². The summed E-state index contributed by atoms with van der Waals surface area (Å²) in [6.45, 7) is 0.975. The second-order valence-electron chi connectivity index (χ2n) is 5.53. The number of hydrogen-bond acceptors (Lipinski definition) is 4. The van der Waals surface area contributed by atoms with Gasteiger partial charge in [-0.25, -0.2) is 13.1 Å². The van der Waals surface area contributed by atoms with Gasteiger partial charge in [0.05, 0.1) is 24.2 Å². The highest BCUT2D eigenvalue weighted by Gasteiger charge is 2.47. The molecule has 1 N–H and O–H groups in total. The van der Waals surface area contributed by atoms with Crippen molar-refractivity contribution in [1.29, 1.82) is 0 Å². The Bertz CT molecular complexity index is 639. The topological polar surface area (TPSA) is 64.6 Å². The Morgan fingerprint density at radius 1 is 1.09 bits per heavy atom. The molecule has 3 rings (SSSR count). The van der Waals surface area contributed by atoms with Crippen LogP contribution in [-0.2, 0) is 19.5 Å². The molecular formula is C14H17Cl2NO4S. The molecule has 8 heteroatoms. The van der Waals surface area contributed by atoms with E-state index < -0.39 is 21.9 Å². The highest BCUT2D eigenvalue weighted by atomic mass is 35.5. The summed E-state index contributed by atoms with van der Waals surface area (Å²) in [4.78, 5) is 0.0451. The van der Waals surface area contributed by atoms with Crippen molar-refractivity contribution >= 4 is 33.2 Å². The van der Waals surface area contributed by atoms with Crippen LogP contribution in [0, 0.1) is 0 Å². The molecule has 0 bridgehead atoms. The first-order valence-electron chi connectivity index (χ1n) is 7.18. The van der Waals surface area contributed by atoms with Gasteiger partial charge in [0.2, 0.25) is 10.0 Å². The molecule has 1 aliphatic heterocycles. The lowest BCUT2D eigenvalue weighted by molar-refractivity contribution is -0.191. The molecule has 1 aromatic rings. The Morgan fingerprint density at radius 2 is 1.73 bits per heavy atom. The first kappa shape index (κ1) is 16.5. The average molecular weight is 366 g/mol. The standard InChI is InChI=1S/C14H17Cl2NO4S/c15-10-7-11(16)9-12(8-10)22(18,19)17-13-3-1-2-4-14(13)20-5-6-21-14/h7-9,13,17H,1-6H2/t13-/m1/s1. The second-order valence-corrected chi connectivity index (χ2v) is 8.12. The monoisotopic (exact) mass is 365 g/mol. The highest BCUT2D eigenvalue weighted by molar-refractivity contribution is 7.89. The van der Waals surface area contributed by atoms with Crippen LogP contribution in [0.15, 0.2) is 23.1 Å². The third-order valence-electron chi connectivity index (χ3n) is 4.02. The minimum Gasteiger partial charge on any atom is -0.346 e. The molecule has 1 heterocycles. The van der Waals surface area contributed by atoms with Crippen molar-refractivity contribution in [3.8, 4) is 0 Å². The molecule has 0 radical (unpaired) electrons. The number of nitrogens with one attached hydrogen (secondary N) is 1. The summed E-state index contributed by atoms with van der Waals surface area (Å²) in [6.07, 6.45) is 3.25. The normalized spacial score (nSPS) is 24.7. The summed E-state index contributed by atoms with van der Waals surface area (Å²) in [6, 6.07) is 3.84. The highest BCUT2D eigenvalue weighted by Crippen LogP contribution is 2.37. The molecule has 1 spiro atoms. The maximum absolute atomic E-state index is 12.6. The number of rotatable bonds is 3. The summed E-state index contributed by atoms with van der Waals surface area (Å²) in [5, 5.41) is 0.555. The molecule has 1 saturated heterocycles.